The van der Waals surface area contributed by atoms with Crippen molar-refractivity contribution in [1.29, 1.82) is 0 Å². The summed E-state index contributed by atoms with van der Waals surface area (Å²) in [6, 6.07) is 11.6. The molecule has 0 N–H and O–H groups in total. The van der Waals surface area contributed by atoms with Gasteiger partial charge in [-0.25, -0.2) is 0 Å². The van der Waals surface area contributed by atoms with E-state index in [1.807, 2.05) is 55.3 Å². The summed E-state index contributed by atoms with van der Waals surface area (Å²) in [5.74, 6) is 0.150. The van der Waals surface area contributed by atoms with Crippen molar-refractivity contribution in [2.24, 2.45) is 0 Å². The van der Waals surface area contributed by atoms with Crippen molar-refractivity contribution in [3.8, 4) is 0 Å². The third kappa shape index (κ3) is 4.00. The molecule has 0 aliphatic heterocycles. The Morgan fingerprint density at radius 3 is 2.37 bits per heavy atom. The molecule has 3 nitrogen and oxygen atoms in total. The summed E-state index contributed by atoms with van der Waals surface area (Å²) in [5.41, 5.74) is 3.10. The number of Topliss-reactive ketones (excluding diaryl/α,β-unsaturated/α-hetero) is 1. The summed E-state index contributed by atoms with van der Waals surface area (Å²) in [6.45, 7) is 3.19. The van der Waals surface area contributed by atoms with Crippen molar-refractivity contribution in [3.05, 3.63) is 65.5 Å². The number of aryl methyl sites for hydroxylation is 1. The second-order valence-corrected chi connectivity index (χ2v) is 4.82. The zero-order valence-corrected chi connectivity index (χ0v) is 11.3. The molecule has 98 valence electrons. The van der Waals surface area contributed by atoms with Crippen molar-refractivity contribution in [2.75, 3.05) is 13.6 Å². The molecule has 0 saturated carbocycles. The third-order valence-corrected chi connectivity index (χ3v) is 2.99. The Morgan fingerprint density at radius 2 is 1.74 bits per heavy atom. The molecule has 0 unspecified atom stereocenters. The van der Waals surface area contributed by atoms with Gasteiger partial charge in [0.05, 0.1) is 6.54 Å². The minimum absolute atomic E-state index is 0.150. The van der Waals surface area contributed by atoms with Gasteiger partial charge in [0.1, 0.15) is 0 Å². The molecule has 1 aromatic carbocycles. The molecule has 0 aliphatic rings. The average Bonchev–Trinajstić information content (AvgIpc) is 2.40. The Labute approximate surface area is 113 Å². The first kappa shape index (κ1) is 13.4. The quantitative estimate of drug-likeness (QED) is 0.769. The molecular weight excluding hydrogens is 236 g/mol. The second-order valence-electron chi connectivity index (χ2n) is 4.82. The van der Waals surface area contributed by atoms with E-state index in [0.29, 0.717) is 6.54 Å². The van der Waals surface area contributed by atoms with Gasteiger partial charge in [0.15, 0.2) is 5.78 Å². The number of likely N-dealkylation sites (N-methyl/N-ethyl adjacent to an activating group) is 1. The molecule has 19 heavy (non-hydrogen) atoms. The smallest absolute Gasteiger partial charge is 0.176 e. The van der Waals surface area contributed by atoms with Crippen molar-refractivity contribution in [1.82, 2.24) is 9.88 Å². The fraction of sp³-hybridized carbons (Fsp3) is 0.250. The van der Waals surface area contributed by atoms with Gasteiger partial charge >= 0.3 is 0 Å². The summed E-state index contributed by atoms with van der Waals surface area (Å²) in [7, 11) is 1.95. The molecule has 0 amide bonds. The maximum Gasteiger partial charge on any atom is 0.176 e. The number of carbonyl (C=O) groups excluding carboxylic acids is 1. The molecule has 3 heteroatoms. The first-order chi connectivity index (χ1) is 9.15. The van der Waals surface area contributed by atoms with Crippen LogP contribution in [-0.2, 0) is 6.54 Å². The van der Waals surface area contributed by atoms with Crippen LogP contribution in [0.1, 0.15) is 21.5 Å². The first-order valence-electron chi connectivity index (χ1n) is 6.32. The lowest BCUT2D eigenvalue weighted by Crippen LogP contribution is -2.25. The molecule has 0 aliphatic carbocycles. The van der Waals surface area contributed by atoms with E-state index < -0.39 is 0 Å². The summed E-state index contributed by atoms with van der Waals surface area (Å²) in [6.07, 6.45) is 3.54. The van der Waals surface area contributed by atoms with Crippen LogP contribution in [0.3, 0.4) is 0 Å². The van der Waals surface area contributed by atoms with Crippen LogP contribution < -0.4 is 0 Å². The van der Waals surface area contributed by atoms with E-state index >= 15 is 0 Å². The molecule has 0 bridgehead atoms. The van der Waals surface area contributed by atoms with Gasteiger partial charge in [-0.15, -0.1) is 0 Å². The number of ketones is 1. The van der Waals surface area contributed by atoms with Gasteiger partial charge in [-0.3, -0.25) is 14.7 Å². The zero-order chi connectivity index (χ0) is 13.7. The monoisotopic (exact) mass is 254 g/mol. The fourth-order valence-electron chi connectivity index (χ4n) is 1.93. The summed E-state index contributed by atoms with van der Waals surface area (Å²) in [4.78, 5) is 18.1. The lowest BCUT2D eigenvalue weighted by Gasteiger charge is -2.15. The Kier molecular flexibility index (Phi) is 4.42. The van der Waals surface area contributed by atoms with Crippen LogP contribution in [-0.4, -0.2) is 29.3 Å². The lowest BCUT2D eigenvalue weighted by molar-refractivity contribution is 0.0943. The normalized spacial score (nSPS) is 10.7. The predicted molar refractivity (Wildman–Crippen MR) is 76.1 cm³/mol. The van der Waals surface area contributed by atoms with E-state index in [4.69, 9.17) is 0 Å². The molecule has 2 rings (SSSR count). The van der Waals surface area contributed by atoms with E-state index in [1.165, 1.54) is 5.56 Å². The van der Waals surface area contributed by atoms with Gasteiger partial charge in [0.25, 0.3) is 0 Å². The largest absolute Gasteiger partial charge is 0.295 e. The van der Waals surface area contributed by atoms with Crippen LogP contribution in [0.5, 0.6) is 0 Å². The van der Waals surface area contributed by atoms with E-state index in [9.17, 15) is 4.79 Å². The van der Waals surface area contributed by atoms with Crippen molar-refractivity contribution in [2.45, 2.75) is 13.5 Å². The summed E-state index contributed by atoms with van der Waals surface area (Å²) < 4.78 is 0. The zero-order valence-electron chi connectivity index (χ0n) is 11.3. The Bertz CT molecular complexity index is 534. The predicted octanol–water partition coefficient (Wildman–Crippen LogP) is 2.70. The lowest BCUT2D eigenvalue weighted by atomic mass is 10.1. The number of carbonyl (C=O) groups is 1. The molecule has 0 atom stereocenters. The molecular formula is C16H18N2O. The fourth-order valence-corrected chi connectivity index (χ4v) is 1.93. The molecule has 1 aromatic heterocycles. The van der Waals surface area contributed by atoms with Crippen LogP contribution in [0.2, 0.25) is 0 Å². The number of hydrogen-bond donors (Lipinski definition) is 0. The maximum absolute atomic E-state index is 12.1. The van der Waals surface area contributed by atoms with Crippen LogP contribution >= 0.6 is 0 Å². The SMILES string of the molecule is Cc1ccc(C(=O)CN(C)Cc2ccncc2)cc1. The number of nitrogens with zero attached hydrogens (tertiary/aromatic N) is 2. The highest BCUT2D eigenvalue weighted by atomic mass is 16.1. The molecule has 2 aromatic rings. The third-order valence-electron chi connectivity index (χ3n) is 2.99. The standard InChI is InChI=1S/C16H18N2O/c1-13-3-5-15(6-4-13)16(19)12-18(2)11-14-7-9-17-10-8-14/h3-10H,11-12H2,1-2H3. The number of pyridine rings is 1. The van der Waals surface area contributed by atoms with Crippen molar-refractivity contribution in [3.63, 3.8) is 0 Å². The molecule has 0 radical (unpaired) electrons. The molecule has 1 heterocycles. The summed E-state index contributed by atoms with van der Waals surface area (Å²) >= 11 is 0. The first-order valence-corrected chi connectivity index (χ1v) is 6.32. The van der Waals surface area contributed by atoms with E-state index in [0.717, 1.165) is 17.7 Å². The topological polar surface area (TPSA) is 33.2 Å². The van der Waals surface area contributed by atoms with Gasteiger partial charge in [0, 0.05) is 24.5 Å². The highest BCUT2D eigenvalue weighted by Crippen LogP contribution is 2.06. The Balaban J connectivity index is 1.93. The number of rotatable bonds is 5. The van der Waals surface area contributed by atoms with Crippen molar-refractivity contribution >= 4 is 5.78 Å². The van der Waals surface area contributed by atoms with Crippen LogP contribution in [0.25, 0.3) is 0 Å². The number of hydrogen-bond acceptors (Lipinski definition) is 3. The van der Waals surface area contributed by atoms with E-state index in [2.05, 4.69) is 4.98 Å². The maximum atomic E-state index is 12.1. The minimum Gasteiger partial charge on any atom is -0.295 e. The number of benzene rings is 1. The highest BCUT2D eigenvalue weighted by molar-refractivity contribution is 5.97. The Hall–Kier alpha value is -2.00. The van der Waals surface area contributed by atoms with Crippen LogP contribution in [0.15, 0.2) is 48.8 Å². The van der Waals surface area contributed by atoms with Crippen molar-refractivity contribution < 1.29 is 4.79 Å². The second kappa shape index (κ2) is 6.25. The highest BCUT2D eigenvalue weighted by Gasteiger charge is 2.09. The van der Waals surface area contributed by atoms with Crippen LogP contribution in [0, 0.1) is 6.92 Å². The van der Waals surface area contributed by atoms with Gasteiger partial charge < -0.3 is 0 Å². The molecule has 0 fully saturated rings. The van der Waals surface area contributed by atoms with Gasteiger partial charge in [-0.2, -0.15) is 0 Å². The summed E-state index contributed by atoms with van der Waals surface area (Å²) in [5, 5.41) is 0. The van der Waals surface area contributed by atoms with Gasteiger partial charge in [0.2, 0.25) is 0 Å². The van der Waals surface area contributed by atoms with E-state index in [-0.39, 0.29) is 5.78 Å². The van der Waals surface area contributed by atoms with Crippen LogP contribution in [0.4, 0.5) is 0 Å². The minimum atomic E-state index is 0.150. The van der Waals surface area contributed by atoms with E-state index in [1.54, 1.807) is 12.4 Å². The van der Waals surface area contributed by atoms with Gasteiger partial charge in [-0.1, -0.05) is 29.8 Å². The Morgan fingerprint density at radius 1 is 1.11 bits per heavy atom. The average molecular weight is 254 g/mol. The molecule has 0 spiro atoms. The number of aromatic nitrogens is 1. The molecule has 0 saturated heterocycles. The van der Waals surface area contributed by atoms with Gasteiger partial charge in [-0.05, 0) is 31.7 Å².